The standard InChI is InChI=1S/C13H17BNO2/c16-13(17)14-15-8-6-12(7-9-15)10-11-4-2-1-3-5-11/h1-5,12H,6-10H2,(H,16,17). The molecule has 0 atom stereocenters. The summed E-state index contributed by atoms with van der Waals surface area (Å²) in [5, 5.41) is 8.67. The summed E-state index contributed by atoms with van der Waals surface area (Å²) in [7, 11) is 1.30. The Morgan fingerprint density at radius 1 is 1.29 bits per heavy atom. The van der Waals surface area contributed by atoms with Crippen molar-refractivity contribution in [3.8, 4) is 0 Å². The third-order valence-corrected chi connectivity index (χ3v) is 3.31. The first-order valence-electron chi connectivity index (χ1n) is 6.10. The van der Waals surface area contributed by atoms with Crippen LogP contribution in [0.25, 0.3) is 0 Å². The Morgan fingerprint density at radius 3 is 2.53 bits per heavy atom. The van der Waals surface area contributed by atoms with Gasteiger partial charge in [0.2, 0.25) is 0 Å². The Hall–Kier alpha value is -1.29. The molecule has 89 valence electrons. The maximum Gasteiger partial charge on any atom is 0.357 e. The molecule has 17 heavy (non-hydrogen) atoms. The van der Waals surface area contributed by atoms with Gasteiger partial charge >= 0.3 is 7.41 Å². The lowest BCUT2D eigenvalue weighted by Crippen LogP contribution is -2.39. The van der Waals surface area contributed by atoms with Gasteiger partial charge in [-0.3, -0.25) is 4.79 Å². The maximum atomic E-state index is 10.5. The molecule has 1 saturated heterocycles. The van der Waals surface area contributed by atoms with E-state index in [-0.39, 0.29) is 0 Å². The second kappa shape index (κ2) is 5.87. The predicted molar refractivity (Wildman–Crippen MR) is 68.2 cm³/mol. The average Bonchev–Trinajstić information content (AvgIpc) is 2.32. The van der Waals surface area contributed by atoms with Gasteiger partial charge in [-0.05, 0) is 43.8 Å². The molecule has 2 rings (SSSR count). The van der Waals surface area contributed by atoms with E-state index in [1.807, 2.05) is 10.9 Å². The zero-order chi connectivity index (χ0) is 12.1. The first kappa shape index (κ1) is 12.2. The first-order chi connectivity index (χ1) is 8.24. The molecule has 1 aromatic rings. The van der Waals surface area contributed by atoms with Crippen LogP contribution in [0.5, 0.6) is 0 Å². The van der Waals surface area contributed by atoms with Gasteiger partial charge in [0.15, 0.2) is 0 Å². The molecular formula is C13H17BNO2. The molecule has 1 fully saturated rings. The van der Waals surface area contributed by atoms with E-state index in [9.17, 15) is 4.79 Å². The Bertz CT molecular complexity index is 361. The molecule has 0 saturated carbocycles. The molecule has 4 heteroatoms. The summed E-state index contributed by atoms with van der Waals surface area (Å²) in [6.45, 7) is 1.73. The van der Waals surface area contributed by atoms with Crippen molar-refractivity contribution in [3.05, 3.63) is 35.9 Å². The normalized spacial score (nSPS) is 17.9. The van der Waals surface area contributed by atoms with E-state index in [1.54, 1.807) is 0 Å². The van der Waals surface area contributed by atoms with Crippen molar-refractivity contribution in [3.63, 3.8) is 0 Å². The highest BCUT2D eigenvalue weighted by molar-refractivity contribution is 6.69. The number of carbonyl (C=O) groups is 1. The maximum absolute atomic E-state index is 10.5. The van der Waals surface area contributed by atoms with E-state index in [4.69, 9.17) is 5.11 Å². The minimum absolute atomic E-state index is 0.691. The second-order valence-corrected chi connectivity index (χ2v) is 4.64. The van der Waals surface area contributed by atoms with E-state index >= 15 is 0 Å². The molecular weight excluding hydrogens is 213 g/mol. The van der Waals surface area contributed by atoms with Crippen LogP contribution < -0.4 is 0 Å². The lowest BCUT2D eigenvalue weighted by atomic mass is 9.83. The van der Waals surface area contributed by atoms with Gasteiger partial charge < -0.3 is 9.92 Å². The molecule has 3 nitrogen and oxygen atoms in total. The van der Waals surface area contributed by atoms with Crippen molar-refractivity contribution in [2.24, 2.45) is 5.92 Å². The van der Waals surface area contributed by atoms with Crippen LogP contribution >= 0.6 is 0 Å². The summed E-state index contributed by atoms with van der Waals surface area (Å²) >= 11 is 0. The largest absolute Gasteiger partial charge is 0.488 e. The molecule has 1 N–H and O–H groups in total. The van der Waals surface area contributed by atoms with Crippen LogP contribution in [0.2, 0.25) is 0 Å². The molecule has 0 aromatic heterocycles. The Balaban J connectivity index is 1.78. The molecule has 1 aliphatic heterocycles. The van der Waals surface area contributed by atoms with Crippen LogP contribution in [0.4, 0.5) is 4.79 Å². The van der Waals surface area contributed by atoms with Gasteiger partial charge in [-0.2, -0.15) is 0 Å². The van der Waals surface area contributed by atoms with Crippen molar-refractivity contribution in [2.45, 2.75) is 19.3 Å². The number of piperidine rings is 1. The summed E-state index contributed by atoms with van der Waals surface area (Å²) in [4.78, 5) is 12.4. The zero-order valence-corrected chi connectivity index (χ0v) is 9.88. The monoisotopic (exact) mass is 230 g/mol. The first-order valence-corrected chi connectivity index (χ1v) is 6.10. The van der Waals surface area contributed by atoms with Gasteiger partial charge in [0.25, 0.3) is 5.87 Å². The van der Waals surface area contributed by atoms with E-state index in [1.165, 1.54) is 13.0 Å². The van der Waals surface area contributed by atoms with E-state index in [0.29, 0.717) is 5.92 Å². The van der Waals surface area contributed by atoms with Gasteiger partial charge in [-0.25, -0.2) is 0 Å². The summed E-state index contributed by atoms with van der Waals surface area (Å²) in [6.07, 6.45) is 3.28. The fourth-order valence-electron chi connectivity index (χ4n) is 2.39. The number of benzene rings is 1. The molecule has 0 aliphatic carbocycles. The summed E-state index contributed by atoms with van der Waals surface area (Å²) < 4.78 is 0. The van der Waals surface area contributed by atoms with Crippen molar-refractivity contribution in [2.75, 3.05) is 13.1 Å². The predicted octanol–water partition coefficient (Wildman–Crippen LogP) is 2.24. The SMILES string of the molecule is O=C(O)[B]N1CCC(Cc2ccccc2)CC1. The smallest absolute Gasteiger partial charge is 0.357 e. The van der Waals surface area contributed by atoms with Gasteiger partial charge in [-0.1, -0.05) is 30.3 Å². The quantitative estimate of drug-likeness (QED) is 0.806. The summed E-state index contributed by atoms with van der Waals surface area (Å²) in [6, 6.07) is 10.5. The molecule has 0 spiro atoms. The van der Waals surface area contributed by atoms with Crippen molar-refractivity contribution in [1.29, 1.82) is 0 Å². The molecule has 0 amide bonds. The Kier molecular flexibility index (Phi) is 4.21. The summed E-state index contributed by atoms with van der Waals surface area (Å²) in [5.41, 5.74) is 1.38. The molecule has 0 unspecified atom stereocenters. The van der Waals surface area contributed by atoms with Gasteiger partial charge in [0.05, 0.1) is 0 Å². The van der Waals surface area contributed by atoms with Crippen LogP contribution in [-0.4, -0.2) is 36.3 Å². The van der Waals surface area contributed by atoms with Gasteiger partial charge in [0.1, 0.15) is 0 Å². The van der Waals surface area contributed by atoms with E-state index in [2.05, 4.69) is 24.3 Å². The second-order valence-electron chi connectivity index (χ2n) is 4.64. The minimum Gasteiger partial charge on any atom is -0.488 e. The van der Waals surface area contributed by atoms with Crippen LogP contribution in [0.1, 0.15) is 18.4 Å². The number of rotatable bonds is 4. The highest BCUT2D eigenvalue weighted by Gasteiger charge is 2.21. The number of hydrogen-bond donors (Lipinski definition) is 1. The molecule has 1 aromatic carbocycles. The summed E-state index contributed by atoms with van der Waals surface area (Å²) in [5.74, 6) is -0.151. The molecule has 1 radical (unpaired) electrons. The molecule has 1 aliphatic rings. The van der Waals surface area contributed by atoms with Crippen LogP contribution in [-0.2, 0) is 6.42 Å². The highest BCUT2D eigenvalue weighted by atomic mass is 16.4. The van der Waals surface area contributed by atoms with Crippen LogP contribution in [0.3, 0.4) is 0 Å². The van der Waals surface area contributed by atoms with E-state index < -0.39 is 5.87 Å². The molecule has 1 heterocycles. The third-order valence-electron chi connectivity index (χ3n) is 3.31. The van der Waals surface area contributed by atoms with Gasteiger partial charge in [0, 0.05) is 0 Å². The van der Waals surface area contributed by atoms with Gasteiger partial charge in [-0.15, -0.1) is 0 Å². The van der Waals surface area contributed by atoms with Crippen LogP contribution in [0, 0.1) is 5.92 Å². The third kappa shape index (κ3) is 3.89. The Labute approximate surface area is 103 Å². The lowest BCUT2D eigenvalue weighted by molar-refractivity contribution is 0.213. The zero-order valence-electron chi connectivity index (χ0n) is 9.88. The average molecular weight is 230 g/mol. The fourth-order valence-corrected chi connectivity index (χ4v) is 2.39. The number of hydrogen-bond acceptors (Lipinski definition) is 2. The number of nitrogens with zero attached hydrogens (tertiary/aromatic N) is 1. The fraction of sp³-hybridized carbons (Fsp3) is 0.462. The Morgan fingerprint density at radius 2 is 1.94 bits per heavy atom. The number of carboxylic acid groups (broad SMARTS) is 1. The minimum atomic E-state index is -0.841. The van der Waals surface area contributed by atoms with Crippen molar-refractivity contribution < 1.29 is 9.90 Å². The van der Waals surface area contributed by atoms with Crippen molar-refractivity contribution in [1.82, 2.24) is 4.81 Å². The highest BCUT2D eigenvalue weighted by Crippen LogP contribution is 2.20. The molecule has 0 bridgehead atoms. The lowest BCUT2D eigenvalue weighted by Gasteiger charge is -2.30. The van der Waals surface area contributed by atoms with Crippen molar-refractivity contribution >= 4 is 13.3 Å². The topological polar surface area (TPSA) is 40.5 Å². The van der Waals surface area contributed by atoms with E-state index in [0.717, 1.165) is 32.4 Å². The van der Waals surface area contributed by atoms with Crippen LogP contribution in [0.15, 0.2) is 30.3 Å².